The van der Waals surface area contributed by atoms with Crippen LogP contribution in [0.1, 0.15) is 43.9 Å². The highest BCUT2D eigenvalue weighted by atomic mass is 32.2. The van der Waals surface area contributed by atoms with Crippen molar-refractivity contribution in [1.29, 1.82) is 0 Å². The molecule has 6 rings (SSSR count). The summed E-state index contributed by atoms with van der Waals surface area (Å²) < 4.78 is 36.3. The molecule has 3 heterocycles. The van der Waals surface area contributed by atoms with Crippen molar-refractivity contribution in [3.05, 3.63) is 107 Å². The molecular formula is C35H34N4O5S3. The Labute approximate surface area is 284 Å². The van der Waals surface area contributed by atoms with Crippen molar-refractivity contribution in [1.82, 2.24) is 19.0 Å². The Bertz CT molecular complexity index is 1940. The molecule has 2 aliphatic heterocycles. The lowest BCUT2D eigenvalue weighted by Crippen LogP contribution is -2.40. The van der Waals surface area contributed by atoms with Crippen LogP contribution in [0.25, 0.3) is 23.0 Å². The van der Waals surface area contributed by atoms with Crippen LogP contribution in [0.15, 0.2) is 101 Å². The van der Waals surface area contributed by atoms with E-state index in [2.05, 4.69) is 0 Å². The number of carbonyl (C=O) groups is 2. The van der Waals surface area contributed by atoms with Gasteiger partial charge >= 0.3 is 5.97 Å². The van der Waals surface area contributed by atoms with Gasteiger partial charge in [0.1, 0.15) is 10.0 Å². The fourth-order valence-corrected chi connectivity index (χ4v) is 8.74. The van der Waals surface area contributed by atoms with E-state index in [1.54, 1.807) is 40.8 Å². The summed E-state index contributed by atoms with van der Waals surface area (Å²) in [7, 11) is -3.84. The Kier molecular flexibility index (Phi) is 9.74. The second kappa shape index (κ2) is 13.9. The molecule has 0 spiro atoms. The van der Waals surface area contributed by atoms with Crippen LogP contribution in [0.3, 0.4) is 0 Å². The normalized spacial score (nSPS) is 17.7. The highest BCUT2D eigenvalue weighted by Crippen LogP contribution is 2.39. The Morgan fingerprint density at radius 2 is 1.72 bits per heavy atom. The van der Waals surface area contributed by atoms with E-state index in [1.807, 2.05) is 79.9 Å². The number of aromatic nitrogens is 2. The maximum Gasteiger partial charge on any atom is 0.309 e. The van der Waals surface area contributed by atoms with Gasteiger partial charge < -0.3 is 4.74 Å². The number of benzene rings is 3. The van der Waals surface area contributed by atoms with Crippen LogP contribution in [0.2, 0.25) is 0 Å². The number of thiocarbonyl (C=S) groups is 1. The van der Waals surface area contributed by atoms with E-state index in [9.17, 15) is 18.0 Å². The summed E-state index contributed by atoms with van der Waals surface area (Å²) in [5.41, 5.74) is 3.54. The van der Waals surface area contributed by atoms with Crippen molar-refractivity contribution in [2.45, 2.75) is 37.6 Å². The smallest absolute Gasteiger partial charge is 0.309 e. The van der Waals surface area contributed by atoms with Crippen molar-refractivity contribution < 1.29 is 22.7 Å². The highest BCUT2D eigenvalue weighted by molar-refractivity contribution is 8.26. The Morgan fingerprint density at radius 3 is 2.40 bits per heavy atom. The van der Waals surface area contributed by atoms with Crippen molar-refractivity contribution in [2.75, 3.05) is 19.7 Å². The van der Waals surface area contributed by atoms with E-state index in [-0.39, 0.29) is 41.8 Å². The summed E-state index contributed by atoms with van der Waals surface area (Å²) in [6, 6.07) is 25.8. The predicted molar refractivity (Wildman–Crippen MR) is 187 cm³/mol. The fourth-order valence-electron chi connectivity index (χ4n) is 5.81. The molecule has 2 saturated heterocycles. The summed E-state index contributed by atoms with van der Waals surface area (Å²) >= 11 is 6.90. The van der Waals surface area contributed by atoms with Gasteiger partial charge in [-0.3, -0.25) is 14.5 Å². The number of rotatable bonds is 9. The molecule has 1 amide bonds. The molecular weight excluding hydrogens is 653 g/mol. The van der Waals surface area contributed by atoms with E-state index in [0.29, 0.717) is 45.5 Å². The third kappa shape index (κ3) is 6.82. The first-order valence-corrected chi connectivity index (χ1v) is 18.1. The van der Waals surface area contributed by atoms with Crippen LogP contribution < -0.4 is 0 Å². The second-order valence-electron chi connectivity index (χ2n) is 11.3. The van der Waals surface area contributed by atoms with Crippen LogP contribution in [-0.4, -0.2) is 63.3 Å². The molecule has 12 heteroatoms. The van der Waals surface area contributed by atoms with Crippen LogP contribution in [0.4, 0.5) is 0 Å². The Hall–Kier alpha value is -4.10. The topological polar surface area (TPSA) is 102 Å². The number of hydrogen-bond acceptors (Lipinski definition) is 8. The maximum absolute atomic E-state index is 13.8. The molecule has 0 bridgehead atoms. The lowest BCUT2D eigenvalue weighted by atomic mass is 9.98. The number of sulfonamides is 1. The molecule has 47 heavy (non-hydrogen) atoms. The van der Waals surface area contributed by atoms with E-state index in [0.717, 1.165) is 11.3 Å². The molecule has 0 radical (unpaired) electrons. The van der Waals surface area contributed by atoms with Gasteiger partial charge in [-0.25, -0.2) is 13.1 Å². The minimum absolute atomic E-state index is 0.132. The standard InChI is InChI=1S/C35H34N4O5S3/c1-3-44-34(41)26-17-19-37(20-18-26)47(42,43)30-16-10-13-27(21-30)32-28(23-38(36-32)29-14-8-5-9-15-29)22-31-33(40)39(35(45)46-31)24(2)25-11-6-4-7-12-25/h4-16,21-24,26H,3,17-20H2,1-2H3/b31-22-. The highest BCUT2D eigenvalue weighted by Gasteiger charge is 2.37. The van der Waals surface area contributed by atoms with E-state index in [4.69, 9.17) is 22.1 Å². The van der Waals surface area contributed by atoms with Gasteiger partial charge in [0.25, 0.3) is 5.91 Å². The first-order chi connectivity index (χ1) is 22.7. The van der Waals surface area contributed by atoms with E-state index in [1.165, 1.54) is 16.1 Å². The molecule has 0 aliphatic carbocycles. The van der Waals surface area contributed by atoms with Gasteiger partial charge in [0.15, 0.2) is 0 Å². The van der Waals surface area contributed by atoms with Gasteiger partial charge in [0, 0.05) is 30.4 Å². The van der Waals surface area contributed by atoms with Crippen molar-refractivity contribution in [3.8, 4) is 16.9 Å². The summed E-state index contributed by atoms with van der Waals surface area (Å²) in [5, 5.41) is 4.87. The largest absolute Gasteiger partial charge is 0.466 e. The molecule has 1 aromatic heterocycles. The number of piperidine rings is 1. The van der Waals surface area contributed by atoms with Crippen molar-refractivity contribution >= 4 is 56.3 Å². The molecule has 0 saturated carbocycles. The predicted octanol–water partition coefficient (Wildman–Crippen LogP) is 6.47. The molecule has 2 fully saturated rings. The molecule has 1 unspecified atom stereocenters. The second-order valence-corrected chi connectivity index (χ2v) is 14.9. The van der Waals surface area contributed by atoms with Crippen LogP contribution in [0.5, 0.6) is 0 Å². The number of hydrogen-bond donors (Lipinski definition) is 0. The number of amides is 1. The Balaban J connectivity index is 1.33. The fraction of sp³-hybridized carbons (Fsp3) is 0.257. The number of nitrogens with zero attached hydrogens (tertiary/aromatic N) is 4. The number of para-hydroxylation sites is 1. The van der Waals surface area contributed by atoms with Gasteiger partial charge in [-0.2, -0.15) is 9.40 Å². The number of thioether (sulfide) groups is 1. The quantitative estimate of drug-likeness (QED) is 0.112. The molecule has 0 N–H and O–H groups in total. The average Bonchev–Trinajstić information content (AvgIpc) is 3.65. The zero-order valence-corrected chi connectivity index (χ0v) is 28.4. The molecule has 2 aliphatic rings. The zero-order chi connectivity index (χ0) is 33.1. The van der Waals surface area contributed by atoms with Gasteiger partial charge in [0.05, 0.1) is 34.1 Å². The summed E-state index contributed by atoms with van der Waals surface area (Å²) in [4.78, 5) is 28.2. The van der Waals surface area contributed by atoms with E-state index < -0.39 is 10.0 Å². The van der Waals surface area contributed by atoms with E-state index >= 15 is 0 Å². The third-order valence-corrected chi connectivity index (χ3v) is 11.6. The SMILES string of the molecule is CCOC(=O)C1CCN(S(=O)(=O)c2cccc(-c3nn(-c4ccccc4)cc3/C=C3\SC(=S)N(C(C)c4ccccc4)C3=O)c2)CC1. The first kappa shape index (κ1) is 32.8. The summed E-state index contributed by atoms with van der Waals surface area (Å²) in [6.07, 6.45) is 4.42. The first-order valence-electron chi connectivity index (χ1n) is 15.4. The molecule has 242 valence electrons. The maximum atomic E-state index is 13.8. The molecule has 3 aromatic carbocycles. The lowest BCUT2D eigenvalue weighted by Gasteiger charge is -2.30. The molecule has 1 atom stereocenters. The van der Waals surface area contributed by atoms with Gasteiger partial charge in [-0.1, -0.05) is 84.6 Å². The minimum atomic E-state index is -3.84. The number of carbonyl (C=O) groups excluding carboxylic acids is 2. The lowest BCUT2D eigenvalue weighted by molar-refractivity contribution is -0.149. The minimum Gasteiger partial charge on any atom is -0.466 e. The summed E-state index contributed by atoms with van der Waals surface area (Å²) in [6.45, 7) is 4.47. The van der Waals surface area contributed by atoms with Gasteiger partial charge in [-0.05, 0) is 62.6 Å². The third-order valence-electron chi connectivity index (χ3n) is 8.36. The Morgan fingerprint density at radius 1 is 1.04 bits per heavy atom. The average molecular weight is 687 g/mol. The van der Waals surface area contributed by atoms with Gasteiger partial charge in [-0.15, -0.1) is 0 Å². The molecule has 4 aromatic rings. The van der Waals surface area contributed by atoms with Crippen LogP contribution in [-0.2, 0) is 24.3 Å². The van der Waals surface area contributed by atoms with Crippen LogP contribution in [0, 0.1) is 5.92 Å². The van der Waals surface area contributed by atoms with Crippen molar-refractivity contribution in [2.24, 2.45) is 5.92 Å². The zero-order valence-electron chi connectivity index (χ0n) is 26.0. The number of esters is 1. The summed E-state index contributed by atoms with van der Waals surface area (Å²) in [5.74, 6) is -0.780. The van der Waals surface area contributed by atoms with Crippen molar-refractivity contribution in [3.63, 3.8) is 0 Å². The van der Waals surface area contributed by atoms with Crippen LogP contribution >= 0.6 is 24.0 Å². The van der Waals surface area contributed by atoms with Gasteiger partial charge in [0.2, 0.25) is 10.0 Å². The molecule has 9 nitrogen and oxygen atoms in total. The monoisotopic (exact) mass is 686 g/mol. The number of ether oxygens (including phenoxy) is 1.